The van der Waals surface area contributed by atoms with Crippen molar-refractivity contribution in [1.29, 1.82) is 0 Å². The van der Waals surface area contributed by atoms with Gasteiger partial charge in [0.1, 0.15) is 0 Å². The van der Waals surface area contributed by atoms with Gasteiger partial charge < -0.3 is 33.7 Å². The number of morpholine rings is 1. The van der Waals surface area contributed by atoms with Crippen molar-refractivity contribution in [3.8, 4) is 17.2 Å². The molecule has 38 heavy (non-hydrogen) atoms. The summed E-state index contributed by atoms with van der Waals surface area (Å²) in [6.07, 6.45) is 0. The number of benzene rings is 2. The molecule has 2 aliphatic rings. The van der Waals surface area contributed by atoms with Gasteiger partial charge in [-0.1, -0.05) is 18.2 Å². The Hall–Kier alpha value is -4.02. The van der Waals surface area contributed by atoms with Gasteiger partial charge in [-0.2, -0.15) is 0 Å². The van der Waals surface area contributed by atoms with Crippen LogP contribution in [0.5, 0.6) is 17.2 Å². The molecule has 0 bridgehead atoms. The van der Waals surface area contributed by atoms with Gasteiger partial charge in [0.15, 0.2) is 34.4 Å². The molecule has 1 saturated heterocycles. The monoisotopic (exact) mass is 522 g/mol. The van der Waals surface area contributed by atoms with Gasteiger partial charge in [-0.3, -0.25) is 14.5 Å². The van der Waals surface area contributed by atoms with Crippen molar-refractivity contribution in [3.63, 3.8) is 0 Å². The average Bonchev–Trinajstić information content (AvgIpc) is 3.48. The molecule has 3 aromatic rings. The third kappa shape index (κ3) is 4.68. The molecule has 0 radical (unpaired) electrons. The number of furan rings is 1. The smallest absolute Gasteiger partial charge is 0.290 e. The Balaban J connectivity index is 1.55. The third-order valence-electron chi connectivity index (χ3n) is 6.86. The van der Waals surface area contributed by atoms with Crippen LogP contribution < -0.4 is 9.47 Å². The highest BCUT2D eigenvalue weighted by Gasteiger charge is 2.45. The number of phenols is 1. The first-order valence-electron chi connectivity index (χ1n) is 12.5. The zero-order chi connectivity index (χ0) is 26.8. The van der Waals surface area contributed by atoms with Crippen LogP contribution in [0.15, 0.2) is 58.2 Å². The number of carbonyl (C=O) groups is 2. The predicted molar refractivity (Wildman–Crippen MR) is 138 cm³/mol. The lowest BCUT2D eigenvalue weighted by molar-refractivity contribution is -0.129. The Kier molecular flexibility index (Phi) is 7.26. The maximum absolute atomic E-state index is 13.8. The number of carbonyl (C=O) groups excluding carboxylic acids is 2. The molecule has 10 nitrogen and oxygen atoms in total. The summed E-state index contributed by atoms with van der Waals surface area (Å²) in [6, 6.07) is 10.6. The topological polar surface area (TPSA) is 122 Å². The van der Waals surface area contributed by atoms with Crippen molar-refractivity contribution in [2.24, 2.45) is 0 Å². The standard InChI is InChI=1S/C28H30N2O8/c1-3-37-21-15-17(7-8-19(21)31)24-23(25(32)22-16-18-5-4-6-20(35-2)27(18)38-22)26(33)28(34)30(24)10-9-29-11-13-36-14-12-29/h4-8,15-16,24,31,33H,3,9-14H2,1-2H3/t24-/m0/s1. The molecule has 200 valence electrons. The maximum Gasteiger partial charge on any atom is 0.290 e. The van der Waals surface area contributed by atoms with Crippen LogP contribution in [0.2, 0.25) is 0 Å². The molecule has 3 heterocycles. The van der Waals surface area contributed by atoms with Crippen LogP contribution in [-0.4, -0.2) is 84.8 Å². The lowest BCUT2D eigenvalue weighted by Gasteiger charge is -2.31. The number of hydrogen-bond acceptors (Lipinski definition) is 9. The number of aromatic hydroxyl groups is 1. The maximum atomic E-state index is 13.8. The molecule has 0 unspecified atom stereocenters. The highest BCUT2D eigenvalue weighted by atomic mass is 16.5. The summed E-state index contributed by atoms with van der Waals surface area (Å²) < 4.78 is 22.2. The highest BCUT2D eigenvalue weighted by molar-refractivity contribution is 6.16. The molecule has 2 N–H and O–H groups in total. The van der Waals surface area contributed by atoms with Crippen molar-refractivity contribution in [3.05, 3.63) is 65.1 Å². The minimum atomic E-state index is -0.911. The second-order valence-electron chi connectivity index (χ2n) is 9.10. The van der Waals surface area contributed by atoms with Gasteiger partial charge in [0, 0.05) is 31.6 Å². The minimum Gasteiger partial charge on any atom is -0.504 e. The van der Waals surface area contributed by atoms with Crippen molar-refractivity contribution in [2.45, 2.75) is 13.0 Å². The van der Waals surface area contributed by atoms with E-state index in [0.717, 1.165) is 13.1 Å². The molecule has 1 fully saturated rings. The zero-order valence-electron chi connectivity index (χ0n) is 21.3. The molecular weight excluding hydrogens is 492 g/mol. The first-order chi connectivity index (χ1) is 18.4. The van der Waals surface area contributed by atoms with Crippen LogP contribution in [0, 0.1) is 0 Å². The highest BCUT2D eigenvalue weighted by Crippen LogP contribution is 2.42. The summed E-state index contributed by atoms with van der Waals surface area (Å²) in [6.45, 7) is 5.58. The van der Waals surface area contributed by atoms with Crippen LogP contribution in [0.3, 0.4) is 0 Å². The van der Waals surface area contributed by atoms with E-state index in [1.807, 2.05) is 0 Å². The van der Waals surface area contributed by atoms with Crippen LogP contribution >= 0.6 is 0 Å². The lowest BCUT2D eigenvalue weighted by Crippen LogP contribution is -2.43. The van der Waals surface area contributed by atoms with Crippen molar-refractivity contribution in [1.82, 2.24) is 9.80 Å². The van der Waals surface area contributed by atoms with Crippen LogP contribution in [0.4, 0.5) is 0 Å². The number of ketones is 1. The number of hydrogen-bond donors (Lipinski definition) is 2. The van der Waals surface area contributed by atoms with Gasteiger partial charge in [0.2, 0.25) is 5.78 Å². The number of rotatable bonds is 9. The molecule has 5 rings (SSSR count). The van der Waals surface area contributed by atoms with E-state index in [0.29, 0.717) is 48.6 Å². The average molecular weight is 523 g/mol. The number of fused-ring (bicyclic) bond motifs is 1. The summed E-state index contributed by atoms with van der Waals surface area (Å²) in [7, 11) is 1.51. The molecule has 0 aliphatic carbocycles. The number of nitrogens with zero attached hydrogens (tertiary/aromatic N) is 2. The second-order valence-corrected chi connectivity index (χ2v) is 9.10. The summed E-state index contributed by atoms with van der Waals surface area (Å²) in [5.74, 6) is -1.29. The number of Topliss-reactive ketones (excluding diaryl/α,β-unsaturated/α-hetero) is 1. The number of aliphatic hydroxyl groups excluding tert-OH is 1. The van der Waals surface area contributed by atoms with E-state index in [1.54, 1.807) is 43.3 Å². The van der Waals surface area contributed by atoms with Crippen LogP contribution in [0.1, 0.15) is 29.1 Å². The fourth-order valence-electron chi connectivity index (χ4n) is 4.95. The van der Waals surface area contributed by atoms with Gasteiger partial charge in [-0.25, -0.2) is 0 Å². The molecule has 0 spiro atoms. The fraction of sp³-hybridized carbons (Fsp3) is 0.357. The van der Waals surface area contributed by atoms with Gasteiger partial charge in [-0.15, -0.1) is 0 Å². The van der Waals surface area contributed by atoms with Gasteiger partial charge in [0.05, 0.1) is 38.5 Å². The number of aliphatic hydroxyl groups is 1. The van der Waals surface area contributed by atoms with E-state index in [2.05, 4.69) is 4.90 Å². The first kappa shape index (κ1) is 25.6. The van der Waals surface area contributed by atoms with E-state index in [9.17, 15) is 19.8 Å². The second kappa shape index (κ2) is 10.8. The van der Waals surface area contributed by atoms with E-state index in [4.69, 9.17) is 18.6 Å². The Morgan fingerprint density at radius 3 is 2.61 bits per heavy atom. The third-order valence-corrected chi connectivity index (χ3v) is 6.86. The summed E-state index contributed by atoms with van der Waals surface area (Å²) in [5.41, 5.74) is 0.817. The molecule has 1 aromatic heterocycles. The first-order valence-corrected chi connectivity index (χ1v) is 12.5. The lowest BCUT2D eigenvalue weighted by atomic mass is 9.94. The predicted octanol–water partition coefficient (Wildman–Crippen LogP) is 3.46. The van der Waals surface area contributed by atoms with E-state index >= 15 is 0 Å². The summed E-state index contributed by atoms with van der Waals surface area (Å²) in [5, 5.41) is 21.9. The number of amides is 1. The summed E-state index contributed by atoms with van der Waals surface area (Å²) in [4.78, 5) is 30.8. The van der Waals surface area contributed by atoms with Gasteiger partial charge in [0.25, 0.3) is 5.91 Å². The van der Waals surface area contributed by atoms with Gasteiger partial charge in [-0.05, 0) is 36.8 Å². The van der Waals surface area contributed by atoms with E-state index < -0.39 is 23.5 Å². The normalized spacial score (nSPS) is 18.4. The molecule has 1 atom stereocenters. The van der Waals surface area contributed by atoms with Crippen molar-refractivity contribution < 1.29 is 38.4 Å². The Bertz CT molecular complexity index is 1390. The van der Waals surface area contributed by atoms with Crippen LogP contribution in [0.25, 0.3) is 11.0 Å². The minimum absolute atomic E-state index is 0.0253. The van der Waals surface area contributed by atoms with Crippen molar-refractivity contribution in [2.75, 3.05) is 53.1 Å². The molecule has 2 aliphatic heterocycles. The quantitative estimate of drug-likeness (QED) is 0.407. The number of para-hydroxylation sites is 1. The Morgan fingerprint density at radius 2 is 1.87 bits per heavy atom. The molecule has 10 heteroatoms. The molecule has 0 saturated carbocycles. The fourth-order valence-corrected chi connectivity index (χ4v) is 4.95. The zero-order valence-corrected chi connectivity index (χ0v) is 21.3. The van der Waals surface area contributed by atoms with E-state index in [-0.39, 0.29) is 29.4 Å². The Morgan fingerprint density at radius 1 is 1.08 bits per heavy atom. The number of phenolic OH excluding ortho intramolecular Hbond substituents is 1. The SMILES string of the molecule is CCOc1cc([C@H]2C(C(=O)c3cc4cccc(OC)c4o3)=C(O)C(=O)N2CCN2CCOCC2)ccc1O. The van der Waals surface area contributed by atoms with Gasteiger partial charge >= 0.3 is 0 Å². The van der Waals surface area contributed by atoms with Crippen molar-refractivity contribution >= 4 is 22.7 Å². The number of methoxy groups -OCH3 is 1. The summed E-state index contributed by atoms with van der Waals surface area (Å²) >= 11 is 0. The number of ether oxygens (including phenoxy) is 3. The molecular formula is C28H30N2O8. The molecule has 1 amide bonds. The van der Waals surface area contributed by atoms with Crippen LogP contribution in [-0.2, 0) is 9.53 Å². The largest absolute Gasteiger partial charge is 0.504 e. The van der Waals surface area contributed by atoms with E-state index in [1.165, 1.54) is 18.1 Å². The Labute approximate surface area is 219 Å². The molecule has 2 aromatic carbocycles.